The second kappa shape index (κ2) is 7.45. The van der Waals surface area contributed by atoms with Crippen LogP contribution < -0.4 is 0 Å². The van der Waals surface area contributed by atoms with E-state index in [1.807, 2.05) is 41.6 Å². The Labute approximate surface area is 146 Å². The van der Waals surface area contributed by atoms with Crippen LogP contribution in [0.3, 0.4) is 0 Å². The number of hydrogen-bond acceptors (Lipinski definition) is 3. The topological polar surface area (TPSA) is 33.2 Å². The van der Waals surface area contributed by atoms with Gasteiger partial charge in [0, 0.05) is 24.0 Å². The van der Waals surface area contributed by atoms with Crippen molar-refractivity contribution in [2.75, 3.05) is 7.05 Å². The molecule has 0 bridgehead atoms. The van der Waals surface area contributed by atoms with E-state index in [9.17, 15) is 4.79 Å². The fourth-order valence-corrected chi connectivity index (χ4v) is 4.24. The largest absolute Gasteiger partial charge is 0.342 e. The third-order valence-corrected chi connectivity index (χ3v) is 5.76. The zero-order valence-electron chi connectivity index (χ0n) is 13.3. The Hall–Kier alpha value is -1.39. The summed E-state index contributed by atoms with van der Waals surface area (Å²) in [7, 11) is 1.93. The minimum absolute atomic E-state index is 0.160. The maximum Gasteiger partial charge on any atom is 0.228 e. The van der Waals surface area contributed by atoms with Crippen molar-refractivity contribution in [3.05, 3.63) is 40.4 Å². The van der Waals surface area contributed by atoms with Crippen LogP contribution in [-0.4, -0.2) is 28.9 Å². The third kappa shape index (κ3) is 3.93. The number of aromatic nitrogens is 1. The van der Waals surface area contributed by atoms with E-state index in [0.29, 0.717) is 17.5 Å². The minimum atomic E-state index is 0.160. The van der Waals surface area contributed by atoms with E-state index in [1.54, 1.807) is 0 Å². The van der Waals surface area contributed by atoms with Crippen molar-refractivity contribution < 1.29 is 4.79 Å². The summed E-state index contributed by atoms with van der Waals surface area (Å²) >= 11 is 7.76. The van der Waals surface area contributed by atoms with Crippen molar-refractivity contribution in [2.45, 2.75) is 44.6 Å². The normalized spacial score (nSPS) is 15.6. The molecule has 1 saturated carbocycles. The summed E-state index contributed by atoms with van der Waals surface area (Å²) in [6.45, 7) is 0. The van der Waals surface area contributed by atoms with E-state index >= 15 is 0 Å². The lowest BCUT2D eigenvalue weighted by molar-refractivity contribution is -0.131. The summed E-state index contributed by atoms with van der Waals surface area (Å²) in [5.41, 5.74) is 1.76. The molecule has 0 aliphatic heterocycles. The van der Waals surface area contributed by atoms with Gasteiger partial charge < -0.3 is 4.90 Å². The smallest absolute Gasteiger partial charge is 0.228 e. The van der Waals surface area contributed by atoms with Gasteiger partial charge in [-0.3, -0.25) is 4.79 Å². The summed E-state index contributed by atoms with van der Waals surface area (Å²) in [6, 6.07) is 8.08. The summed E-state index contributed by atoms with van der Waals surface area (Å²) in [6.07, 6.45) is 6.39. The monoisotopic (exact) mass is 348 g/mol. The van der Waals surface area contributed by atoms with Gasteiger partial charge in [0.25, 0.3) is 0 Å². The van der Waals surface area contributed by atoms with Crippen molar-refractivity contribution in [3.8, 4) is 10.6 Å². The van der Waals surface area contributed by atoms with Crippen LogP contribution in [0.15, 0.2) is 29.6 Å². The molecule has 0 radical (unpaired) electrons. The van der Waals surface area contributed by atoms with Gasteiger partial charge in [0.2, 0.25) is 5.91 Å². The van der Waals surface area contributed by atoms with Crippen LogP contribution in [0.5, 0.6) is 0 Å². The highest BCUT2D eigenvalue weighted by Gasteiger charge is 2.22. The van der Waals surface area contributed by atoms with Crippen LogP contribution in [0.2, 0.25) is 5.02 Å². The number of nitrogens with zero attached hydrogens (tertiary/aromatic N) is 2. The molecule has 0 atom stereocenters. The zero-order chi connectivity index (χ0) is 16.2. The predicted octanol–water partition coefficient (Wildman–Crippen LogP) is 4.80. The second-order valence-electron chi connectivity index (χ2n) is 6.10. The highest BCUT2D eigenvalue weighted by molar-refractivity contribution is 7.13. The van der Waals surface area contributed by atoms with E-state index < -0.39 is 0 Å². The highest BCUT2D eigenvalue weighted by Crippen LogP contribution is 2.30. The number of carbonyl (C=O) groups is 1. The fraction of sp³-hybridized carbons (Fsp3) is 0.444. The lowest BCUT2D eigenvalue weighted by Gasteiger charge is -2.31. The molecule has 23 heavy (non-hydrogen) atoms. The molecule has 1 aromatic carbocycles. The predicted molar refractivity (Wildman–Crippen MR) is 95.9 cm³/mol. The Morgan fingerprint density at radius 2 is 2.04 bits per heavy atom. The number of carbonyl (C=O) groups excluding carboxylic acids is 1. The first-order valence-electron chi connectivity index (χ1n) is 8.10. The average molecular weight is 349 g/mol. The Balaban J connectivity index is 1.66. The number of rotatable bonds is 4. The molecule has 5 heteroatoms. The van der Waals surface area contributed by atoms with Gasteiger partial charge in [-0.2, -0.15) is 0 Å². The van der Waals surface area contributed by atoms with E-state index in [1.165, 1.54) is 30.6 Å². The molecule has 0 spiro atoms. The van der Waals surface area contributed by atoms with Gasteiger partial charge in [0.1, 0.15) is 5.01 Å². The summed E-state index contributed by atoms with van der Waals surface area (Å²) < 4.78 is 0. The maximum atomic E-state index is 12.5. The van der Waals surface area contributed by atoms with Crippen LogP contribution in [-0.2, 0) is 11.2 Å². The fourth-order valence-electron chi connectivity index (χ4n) is 3.10. The Bertz CT molecular complexity index is 679. The standard InChI is InChI=1S/C18H21ClN2OS/c1-21(14-7-3-2-4-8-14)17(22)11-13-12-23-18(20-13)15-9-5-6-10-16(15)19/h5-6,9-10,12,14H,2-4,7-8,11H2,1H3. The van der Waals surface area contributed by atoms with Gasteiger partial charge in [-0.05, 0) is 18.9 Å². The maximum absolute atomic E-state index is 12.5. The first kappa shape index (κ1) is 16.5. The zero-order valence-corrected chi connectivity index (χ0v) is 14.9. The Morgan fingerprint density at radius 3 is 2.78 bits per heavy atom. The van der Waals surface area contributed by atoms with Crippen LogP contribution in [0, 0.1) is 0 Å². The van der Waals surface area contributed by atoms with Crippen molar-refractivity contribution in [3.63, 3.8) is 0 Å². The van der Waals surface area contributed by atoms with Gasteiger partial charge in [0.05, 0.1) is 17.1 Å². The molecule has 1 aliphatic rings. The molecule has 1 aromatic heterocycles. The van der Waals surface area contributed by atoms with E-state index in [0.717, 1.165) is 29.1 Å². The number of halogens is 1. The Morgan fingerprint density at radius 1 is 1.30 bits per heavy atom. The number of hydrogen-bond donors (Lipinski definition) is 0. The lowest BCUT2D eigenvalue weighted by atomic mass is 9.94. The van der Waals surface area contributed by atoms with Gasteiger partial charge in [-0.25, -0.2) is 4.98 Å². The first-order chi connectivity index (χ1) is 11.1. The molecule has 3 nitrogen and oxygen atoms in total. The van der Waals surface area contributed by atoms with Crippen LogP contribution in [0.25, 0.3) is 10.6 Å². The third-order valence-electron chi connectivity index (χ3n) is 4.50. The highest BCUT2D eigenvalue weighted by atomic mass is 35.5. The van der Waals surface area contributed by atoms with Crippen molar-refractivity contribution in [2.24, 2.45) is 0 Å². The van der Waals surface area contributed by atoms with Gasteiger partial charge in [-0.15, -0.1) is 11.3 Å². The van der Waals surface area contributed by atoms with Crippen molar-refractivity contribution in [1.82, 2.24) is 9.88 Å². The number of benzene rings is 1. The first-order valence-corrected chi connectivity index (χ1v) is 9.36. The van der Waals surface area contributed by atoms with E-state index in [-0.39, 0.29) is 5.91 Å². The quantitative estimate of drug-likeness (QED) is 0.795. The summed E-state index contributed by atoms with van der Waals surface area (Å²) in [5.74, 6) is 0.160. The van der Waals surface area contributed by atoms with Crippen molar-refractivity contribution in [1.29, 1.82) is 0 Å². The second-order valence-corrected chi connectivity index (χ2v) is 7.36. The molecule has 0 saturated heterocycles. The number of likely N-dealkylation sites (N-methyl/N-ethyl adjacent to an activating group) is 1. The van der Waals surface area contributed by atoms with Crippen LogP contribution in [0.1, 0.15) is 37.8 Å². The van der Waals surface area contributed by atoms with Gasteiger partial charge >= 0.3 is 0 Å². The number of thiazole rings is 1. The van der Waals surface area contributed by atoms with Crippen LogP contribution >= 0.6 is 22.9 Å². The summed E-state index contributed by atoms with van der Waals surface area (Å²) in [5, 5.41) is 3.53. The Kier molecular flexibility index (Phi) is 5.34. The lowest BCUT2D eigenvalue weighted by Crippen LogP contribution is -2.39. The number of amides is 1. The molecular weight excluding hydrogens is 328 g/mol. The molecule has 2 aromatic rings. The average Bonchev–Trinajstić information content (AvgIpc) is 3.03. The van der Waals surface area contributed by atoms with Crippen molar-refractivity contribution >= 4 is 28.8 Å². The molecular formula is C18H21ClN2OS. The summed E-state index contributed by atoms with van der Waals surface area (Å²) in [4.78, 5) is 19.0. The molecule has 0 N–H and O–H groups in total. The van der Waals surface area contributed by atoms with E-state index in [2.05, 4.69) is 4.98 Å². The van der Waals surface area contributed by atoms with E-state index in [4.69, 9.17) is 11.6 Å². The SMILES string of the molecule is CN(C(=O)Cc1csc(-c2ccccc2Cl)n1)C1CCCCC1. The molecule has 1 aliphatic carbocycles. The molecule has 1 heterocycles. The van der Waals surface area contributed by atoms with Gasteiger partial charge in [-0.1, -0.05) is 49.1 Å². The van der Waals surface area contributed by atoms with Gasteiger partial charge in [0.15, 0.2) is 0 Å². The molecule has 1 amide bonds. The molecule has 1 fully saturated rings. The molecule has 3 rings (SSSR count). The molecule has 0 unspecified atom stereocenters. The minimum Gasteiger partial charge on any atom is -0.342 e. The van der Waals surface area contributed by atoms with Crippen LogP contribution in [0.4, 0.5) is 0 Å². The molecule has 122 valence electrons.